The third-order valence-electron chi connectivity index (χ3n) is 4.35. The molecule has 1 aliphatic heterocycles. The van der Waals surface area contributed by atoms with Gasteiger partial charge in [-0.3, -0.25) is 4.90 Å². The predicted octanol–water partition coefficient (Wildman–Crippen LogP) is 1.79. The zero-order valence-electron chi connectivity index (χ0n) is 14.5. The normalized spacial score (nSPS) is 16.7. The summed E-state index contributed by atoms with van der Waals surface area (Å²) < 4.78 is 18.5. The highest BCUT2D eigenvalue weighted by Gasteiger charge is 2.22. The first-order valence-electron chi connectivity index (χ1n) is 8.35. The smallest absolute Gasteiger partial charge is 0.228 e. The summed E-state index contributed by atoms with van der Waals surface area (Å²) >= 11 is 0. The Kier molecular flexibility index (Phi) is 5.45. The van der Waals surface area contributed by atoms with Gasteiger partial charge in [0.2, 0.25) is 11.8 Å². The van der Waals surface area contributed by atoms with E-state index in [1.165, 1.54) is 12.1 Å². The Bertz CT molecular complexity index is 720. The van der Waals surface area contributed by atoms with Gasteiger partial charge in [-0.1, -0.05) is 12.1 Å². The van der Waals surface area contributed by atoms with Crippen molar-refractivity contribution < 1.29 is 14.2 Å². The standard InChI is InChI=1S/C18H23FN4O2/c1-13-10-17(25-2)21-18(20-13)23-8-6-22(7-9-23)12-16(24)14-4-3-5-15(19)11-14/h3-5,10-11,16,24H,6-9,12H2,1-2H3/t16-/m1/s1. The van der Waals surface area contributed by atoms with Gasteiger partial charge in [-0.25, -0.2) is 9.37 Å². The Labute approximate surface area is 146 Å². The minimum absolute atomic E-state index is 0.327. The molecule has 0 bridgehead atoms. The number of anilines is 1. The van der Waals surface area contributed by atoms with E-state index in [9.17, 15) is 9.50 Å². The first-order valence-corrected chi connectivity index (χ1v) is 8.35. The van der Waals surface area contributed by atoms with Gasteiger partial charge < -0.3 is 14.7 Å². The van der Waals surface area contributed by atoms with Crippen molar-refractivity contribution in [2.24, 2.45) is 0 Å². The lowest BCUT2D eigenvalue weighted by Gasteiger charge is -2.35. The van der Waals surface area contributed by atoms with Crippen molar-refractivity contribution >= 4 is 5.95 Å². The van der Waals surface area contributed by atoms with Gasteiger partial charge in [-0.05, 0) is 24.6 Å². The molecule has 1 aliphatic rings. The van der Waals surface area contributed by atoms with E-state index in [4.69, 9.17) is 4.74 Å². The maximum atomic E-state index is 13.3. The molecule has 0 unspecified atom stereocenters. The fourth-order valence-electron chi connectivity index (χ4n) is 2.96. The first kappa shape index (κ1) is 17.6. The number of aliphatic hydroxyl groups is 1. The molecule has 6 nitrogen and oxygen atoms in total. The Morgan fingerprint density at radius 3 is 2.64 bits per heavy atom. The highest BCUT2D eigenvalue weighted by Crippen LogP contribution is 2.19. The van der Waals surface area contributed by atoms with Crippen molar-refractivity contribution in [2.45, 2.75) is 13.0 Å². The molecular weight excluding hydrogens is 323 g/mol. The molecule has 0 aliphatic carbocycles. The summed E-state index contributed by atoms with van der Waals surface area (Å²) in [5.41, 5.74) is 1.47. The summed E-state index contributed by atoms with van der Waals surface area (Å²) in [6.45, 7) is 5.50. The minimum atomic E-state index is -0.697. The van der Waals surface area contributed by atoms with E-state index in [0.717, 1.165) is 31.9 Å². The Hall–Kier alpha value is -2.25. The number of rotatable bonds is 5. The maximum absolute atomic E-state index is 13.3. The Balaban J connectivity index is 1.57. The number of β-amino-alcohol motifs (C(OH)–C–C–N with tert-alkyl or cyclic N) is 1. The third-order valence-corrected chi connectivity index (χ3v) is 4.35. The van der Waals surface area contributed by atoms with Crippen molar-refractivity contribution in [1.82, 2.24) is 14.9 Å². The van der Waals surface area contributed by atoms with Crippen LogP contribution >= 0.6 is 0 Å². The molecule has 7 heteroatoms. The zero-order chi connectivity index (χ0) is 17.8. The molecule has 0 radical (unpaired) electrons. The fourth-order valence-corrected chi connectivity index (χ4v) is 2.96. The number of aromatic nitrogens is 2. The molecule has 0 saturated carbocycles. The second-order valence-electron chi connectivity index (χ2n) is 6.21. The highest BCUT2D eigenvalue weighted by molar-refractivity contribution is 5.35. The first-order chi connectivity index (χ1) is 12.0. The third kappa shape index (κ3) is 4.43. The van der Waals surface area contributed by atoms with E-state index in [2.05, 4.69) is 19.8 Å². The summed E-state index contributed by atoms with van der Waals surface area (Å²) in [6, 6.07) is 7.93. The van der Waals surface area contributed by atoms with Gasteiger partial charge >= 0.3 is 0 Å². The molecule has 2 aromatic rings. The number of hydrogen-bond acceptors (Lipinski definition) is 6. The molecule has 1 atom stereocenters. The maximum Gasteiger partial charge on any atom is 0.228 e. The molecule has 2 heterocycles. The van der Waals surface area contributed by atoms with Gasteiger partial charge in [0, 0.05) is 44.5 Å². The van der Waals surface area contributed by atoms with E-state index in [1.807, 2.05) is 6.92 Å². The topological polar surface area (TPSA) is 61.7 Å². The lowest BCUT2D eigenvalue weighted by Crippen LogP contribution is -2.48. The van der Waals surface area contributed by atoms with Crippen molar-refractivity contribution in [3.05, 3.63) is 47.4 Å². The number of halogens is 1. The Morgan fingerprint density at radius 1 is 1.20 bits per heavy atom. The summed E-state index contributed by atoms with van der Waals surface area (Å²) in [5, 5.41) is 10.3. The number of benzene rings is 1. The molecule has 0 spiro atoms. The molecular formula is C18H23FN4O2. The molecule has 1 aromatic heterocycles. The molecule has 1 saturated heterocycles. The molecule has 1 fully saturated rings. The number of ether oxygens (including phenoxy) is 1. The van der Waals surface area contributed by atoms with Crippen LogP contribution in [0.5, 0.6) is 5.88 Å². The van der Waals surface area contributed by atoms with E-state index in [-0.39, 0.29) is 5.82 Å². The van der Waals surface area contributed by atoms with Crippen LogP contribution in [-0.2, 0) is 0 Å². The minimum Gasteiger partial charge on any atom is -0.481 e. The van der Waals surface area contributed by atoms with Crippen LogP contribution < -0.4 is 9.64 Å². The monoisotopic (exact) mass is 346 g/mol. The van der Waals surface area contributed by atoms with Gasteiger partial charge in [0.25, 0.3) is 0 Å². The quantitative estimate of drug-likeness (QED) is 0.891. The van der Waals surface area contributed by atoms with E-state index < -0.39 is 6.10 Å². The Morgan fingerprint density at radius 2 is 1.96 bits per heavy atom. The van der Waals surface area contributed by atoms with Gasteiger partial charge in [-0.2, -0.15) is 4.98 Å². The van der Waals surface area contributed by atoms with Crippen LogP contribution in [-0.4, -0.2) is 59.8 Å². The fraction of sp³-hybridized carbons (Fsp3) is 0.444. The SMILES string of the molecule is COc1cc(C)nc(N2CCN(C[C@@H](O)c3cccc(F)c3)CC2)n1. The summed E-state index contributed by atoms with van der Waals surface area (Å²) in [7, 11) is 1.59. The van der Waals surface area contributed by atoms with E-state index >= 15 is 0 Å². The molecule has 25 heavy (non-hydrogen) atoms. The number of aliphatic hydroxyl groups excluding tert-OH is 1. The number of aryl methyl sites for hydroxylation is 1. The van der Waals surface area contributed by atoms with Crippen LogP contribution in [0.2, 0.25) is 0 Å². The van der Waals surface area contributed by atoms with Crippen LogP contribution in [0.4, 0.5) is 10.3 Å². The number of nitrogens with zero attached hydrogens (tertiary/aromatic N) is 4. The molecule has 3 rings (SSSR count). The van der Waals surface area contributed by atoms with Gasteiger partial charge in [0.1, 0.15) is 5.82 Å². The average Bonchev–Trinajstić information content (AvgIpc) is 2.61. The highest BCUT2D eigenvalue weighted by atomic mass is 19.1. The summed E-state index contributed by atoms with van der Waals surface area (Å²) in [6.07, 6.45) is -0.697. The van der Waals surface area contributed by atoms with Crippen molar-refractivity contribution in [3.63, 3.8) is 0 Å². The lowest BCUT2D eigenvalue weighted by atomic mass is 10.1. The number of piperazine rings is 1. The second kappa shape index (κ2) is 7.76. The van der Waals surface area contributed by atoms with Crippen LogP contribution in [0, 0.1) is 12.7 Å². The molecule has 0 amide bonds. The lowest BCUT2D eigenvalue weighted by molar-refractivity contribution is 0.109. The van der Waals surface area contributed by atoms with Crippen molar-refractivity contribution in [3.8, 4) is 5.88 Å². The number of methoxy groups -OCH3 is 1. The van der Waals surface area contributed by atoms with Crippen LogP contribution in [0.3, 0.4) is 0 Å². The largest absolute Gasteiger partial charge is 0.481 e. The van der Waals surface area contributed by atoms with Crippen molar-refractivity contribution in [1.29, 1.82) is 0 Å². The van der Waals surface area contributed by atoms with Crippen LogP contribution in [0.1, 0.15) is 17.4 Å². The van der Waals surface area contributed by atoms with Gasteiger partial charge in [0.15, 0.2) is 0 Å². The summed E-state index contributed by atoms with van der Waals surface area (Å²) in [5.74, 6) is 0.903. The zero-order valence-corrected chi connectivity index (χ0v) is 14.5. The van der Waals surface area contributed by atoms with Gasteiger partial charge in [-0.15, -0.1) is 0 Å². The van der Waals surface area contributed by atoms with E-state index in [0.29, 0.717) is 23.9 Å². The van der Waals surface area contributed by atoms with E-state index in [1.54, 1.807) is 25.3 Å². The number of hydrogen-bond donors (Lipinski definition) is 1. The summed E-state index contributed by atoms with van der Waals surface area (Å²) in [4.78, 5) is 13.2. The molecule has 1 N–H and O–H groups in total. The average molecular weight is 346 g/mol. The molecule has 1 aromatic carbocycles. The predicted molar refractivity (Wildman–Crippen MR) is 93.3 cm³/mol. The van der Waals surface area contributed by atoms with Crippen molar-refractivity contribution in [2.75, 3.05) is 44.7 Å². The van der Waals surface area contributed by atoms with Crippen LogP contribution in [0.25, 0.3) is 0 Å². The second-order valence-corrected chi connectivity index (χ2v) is 6.21. The molecule has 134 valence electrons. The van der Waals surface area contributed by atoms with Crippen LogP contribution in [0.15, 0.2) is 30.3 Å². The van der Waals surface area contributed by atoms with Gasteiger partial charge in [0.05, 0.1) is 13.2 Å².